The van der Waals surface area contributed by atoms with Gasteiger partial charge in [-0.05, 0) is 37.8 Å². The summed E-state index contributed by atoms with van der Waals surface area (Å²) in [5.41, 5.74) is 0.265. The van der Waals surface area contributed by atoms with Crippen molar-refractivity contribution in [3.8, 4) is 0 Å². The van der Waals surface area contributed by atoms with Crippen LogP contribution in [0.2, 0.25) is 0 Å². The van der Waals surface area contributed by atoms with Gasteiger partial charge in [0, 0.05) is 32.0 Å². The van der Waals surface area contributed by atoms with Crippen molar-refractivity contribution < 1.29 is 14.0 Å². The molecule has 0 saturated carbocycles. The molecule has 1 aliphatic rings. The average Bonchev–Trinajstić information content (AvgIpc) is 3.24. The van der Waals surface area contributed by atoms with Crippen LogP contribution < -0.4 is 0 Å². The van der Waals surface area contributed by atoms with Gasteiger partial charge in [-0.3, -0.25) is 9.59 Å². The molecule has 27 heavy (non-hydrogen) atoms. The number of unbranched alkanes of at least 4 members (excludes halogenated alkanes) is 1. The monoisotopic (exact) mass is 370 g/mol. The lowest BCUT2D eigenvalue weighted by Crippen LogP contribution is -2.39. The van der Waals surface area contributed by atoms with E-state index in [1.165, 1.54) is 12.4 Å². The molecule has 2 aromatic heterocycles. The fourth-order valence-electron chi connectivity index (χ4n) is 3.24. The fraction of sp³-hybridized carbons (Fsp3) is 0.500. The van der Waals surface area contributed by atoms with Gasteiger partial charge >= 0.3 is 0 Å². The second-order valence-corrected chi connectivity index (χ2v) is 6.77. The Bertz CT molecular complexity index is 754. The van der Waals surface area contributed by atoms with Gasteiger partial charge in [0.1, 0.15) is 5.76 Å². The molecule has 0 aromatic carbocycles. The van der Waals surface area contributed by atoms with E-state index < -0.39 is 0 Å². The molecule has 0 spiro atoms. The molecule has 0 unspecified atom stereocenters. The normalized spacial score (nSPS) is 14.2. The van der Waals surface area contributed by atoms with Crippen LogP contribution in [0.5, 0.6) is 0 Å². The van der Waals surface area contributed by atoms with Crippen molar-refractivity contribution in [3.63, 3.8) is 0 Å². The van der Waals surface area contributed by atoms with Crippen molar-refractivity contribution in [2.45, 2.75) is 45.6 Å². The van der Waals surface area contributed by atoms with Gasteiger partial charge in [0.15, 0.2) is 11.4 Å². The summed E-state index contributed by atoms with van der Waals surface area (Å²) in [5, 5.41) is 0. The predicted molar refractivity (Wildman–Crippen MR) is 100 cm³/mol. The molecule has 7 nitrogen and oxygen atoms in total. The molecule has 2 amide bonds. The third-order valence-corrected chi connectivity index (χ3v) is 4.74. The molecule has 0 atom stereocenters. The van der Waals surface area contributed by atoms with E-state index in [2.05, 4.69) is 16.9 Å². The Kier molecular flexibility index (Phi) is 6.57. The highest BCUT2D eigenvalue weighted by molar-refractivity contribution is 6.04. The van der Waals surface area contributed by atoms with E-state index in [4.69, 9.17) is 4.42 Å². The first kappa shape index (κ1) is 19.1. The van der Waals surface area contributed by atoms with Crippen LogP contribution in [0, 0.1) is 0 Å². The smallest absolute Gasteiger partial charge is 0.275 e. The number of hydrogen-bond donors (Lipinski definition) is 0. The minimum atomic E-state index is -0.284. The van der Waals surface area contributed by atoms with Crippen LogP contribution in [0.1, 0.15) is 65.8 Å². The van der Waals surface area contributed by atoms with Gasteiger partial charge in [0.05, 0.1) is 12.8 Å². The number of nitrogens with zero attached hydrogens (tertiary/aromatic N) is 4. The first-order valence-corrected chi connectivity index (χ1v) is 9.62. The van der Waals surface area contributed by atoms with E-state index in [0.29, 0.717) is 31.9 Å². The molecule has 7 heteroatoms. The summed E-state index contributed by atoms with van der Waals surface area (Å²) in [4.78, 5) is 38.0. The summed E-state index contributed by atoms with van der Waals surface area (Å²) in [6, 6.07) is 3.63. The minimum Gasteiger partial charge on any atom is -0.467 e. The van der Waals surface area contributed by atoms with E-state index in [9.17, 15) is 9.59 Å². The standard InChI is InChI=1S/C20H26N4O3/c1-2-3-11-24(15-16-8-7-14-27-16)20(26)18-17(21-9-10-22-18)19(25)23-12-5-4-6-13-23/h7-10,14H,2-6,11-13,15H2,1H3. The van der Waals surface area contributed by atoms with Crippen LogP contribution in [0.3, 0.4) is 0 Å². The number of piperidine rings is 1. The number of furan rings is 1. The number of hydrogen-bond acceptors (Lipinski definition) is 5. The van der Waals surface area contributed by atoms with Gasteiger partial charge in [0.2, 0.25) is 0 Å². The van der Waals surface area contributed by atoms with E-state index in [1.54, 1.807) is 22.1 Å². The highest BCUT2D eigenvalue weighted by Gasteiger charge is 2.28. The van der Waals surface area contributed by atoms with Crippen molar-refractivity contribution in [2.24, 2.45) is 0 Å². The molecule has 3 heterocycles. The number of rotatable bonds is 7. The molecule has 1 saturated heterocycles. The maximum atomic E-state index is 13.2. The predicted octanol–water partition coefficient (Wildman–Crippen LogP) is 3.14. The maximum Gasteiger partial charge on any atom is 0.275 e. The van der Waals surface area contributed by atoms with Gasteiger partial charge in [-0.2, -0.15) is 0 Å². The number of carbonyl (C=O) groups excluding carboxylic acids is 2. The topological polar surface area (TPSA) is 79.5 Å². The van der Waals surface area contributed by atoms with Crippen LogP contribution in [0.4, 0.5) is 0 Å². The van der Waals surface area contributed by atoms with Crippen molar-refractivity contribution >= 4 is 11.8 Å². The summed E-state index contributed by atoms with van der Waals surface area (Å²) in [7, 11) is 0. The Morgan fingerprint density at radius 2 is 1.89 bits per heavy atom. The summed E-state index contributed by atoms with van der Waals surface area (Å²) in [6.07, 6.45) is 9.44. The van der Waals surface area contributed by atoms with E-state index in [0.717, 1.165) is 32.1 Å². The molecule has 0 aliphatic carbocycles. The summed E-state index contributed by atoms with van der Waals surface area (Å²) >= 11 is 0. The quantitative estimate of drug-likeness (QED) is 0.748. The first-order chi connectivity index (χ1) is 13.2. The summed E-state index contributed by atoms with van der Waals surface area (Å²) in [6.45, 7) is 4.40. The van der Waals surface area contributed by atoms with E-state index >= 15 is 0 Å². The van der Waals surface area contributed by atoms with Crippen molar-refractivity contribution in [2.75, 3.05) is 19.6 Å². The zero-order chi connectivity index (χ0) is 19.1. The lowest BCUT2D eigenvalue weighted by Gasteiger charge is -2.27. The van der Waals surface area contributed by atoms with Gasteiger partial charge < -0.3 is 14.2 Å². The second kappa shape index (κ2) is 9.30. The third-order valence-electron chi connectivity index (χ3n) is 4.74. The highest BCUT2D eigenvalue weighted by Crippen LogP contribution is 2.16. The van der Waals surface area contributed by atoms with E-state index in [1.807, 2.05) is 6.07 Å². The number of aromatic nitrogens is 2. The van der Waals surface area contributed by atoms with Gasteiger partial charge in [-0.25, -0.2) is 9.97 Å². The lowest BCUT2D eigenvalue weighted by atomic mass is 10.1. The van der Waals surface area contributed by atoms with Crippen LogP contribution in [-0.4, -0.2) is 51.2 Å². The third kappa shape index (κ3) is 4.72. The van der Waals surface area contributed by atoms with Crippen molar-refractivity contribution in [1.82, 2.24) is 19.8 Å². The van der Waals surface area contributed by atoms with E-state index in [-0.39, 0.29) is 23.2 Å². The van der Waals surface area contributed by atoms with Crippen molar-refractivity contribution in [1.29, 1.82) is 0 Å². The van der Waals surface area contributed by atoms with Crippen LogP contribution >= 0.6 is 0 Å². The molecule has 2 aromatic rings. The van der Waals surface area contributed by atoms with Gasteiger partial charge in [-0.1, -0.05) is 13.3 Å². The van der Waals surface area contributed by atoms with Gasteiger partial charge in [-0.15, -0.1) is 0 Å². The molecule has 3 rings (SSSR count). The summed E-state index contributed by atoms with van der Waals surface area (Å²) < 4.78 is 5.40. The second-order valence-electron chi connectivity index (χ2n) is 6.77. The zero-order valence-electron chi connectivity index (χ0n) is 15.8. The SMILES string of the molecule is CCCCN(Cc1ccco1)C(=O)c1nccnc1C(=O)N1CCCCC1. The largest absolute Gasteiger partial charge is 0.467 e. The molecule has 1 fully saturated rings. The van der Waals surface area contributed by atoms with Gasteiger partial charge in [0.25, 0.3) is 11.8 Å². The summed E-state index contributed by atoms with van der Waals surface area (Å²) in [5.74, 6) is 0.208. The molecular weight excluding hydrogens is 344 g/mol. The van der Waals surface area contributed by atoms with Crippen LogP contribution in [0.25, 0.3) is 0 Å². The molecule has 144 valence electrons. The van der Waals surface area contributed by atoms with Crippen molar-refractivity contribution in [3.05, 3.63) is 47.9 Å². The van der Waals surface area contributed by atoms with Crippen LogP contribution in [0.15, 0.2) is 35.2 Å². The zero-order valence-corrected chi connectivity index (χ0v) is 15.8. The lowest BCUT2D eigenvalue weighted by molar-refractivity contribution is 0.0677. The average molecular weight is 370 g/mol. The molecule has 0 radical (unpaired) electrons. The molecule has 0 N–H and O–H groups in total. The Balaban J connectivity index is 1.84. The molecular formula is C20H26N4O3. The number of amides is 2. The minimum absolute atomic E-state index is 0.121. The highest BCUT2D eigenvalue weighted by atomic mass is 16.3. The Hall–Kier alpha value is -2.70. The van der Waals surface area contributed by atoms with Crippen LogP contribution in [-0.2, 0) is 6.54 Å². The molecule has 0 bridgehead atoms. The molecule has 1 aliphatic heterocycles. The number of likely N-dealkylation sites (tertiary alicyclic amines) is 1. The number of carbonyl (C=O) groups is 2. The Morgan fingerprint density at radius 3 is 2.56 bits per heavy atom. The maximum absolute atomic E-state index is 13.2. The fourth-order valence-corrected chi connectivity index (χ4v) is 3.24. The Labute approximate surface area is 159 Å². The Morgan fingerprint density at radius 1 is 1.15 bits per heavy atom. The first-order valence-electron chi connectivity index (χ1n) is 9.62.